The molecule has 1 aromatic heterocycles. The second kappa shape index (κ2) is 9.36. The Labute approximate surface area is 169 Å². The Balaban J connectivity index is 2.29. The highest BCUT2D eigenvalue weighted by Crippen LogP contribution is 2.22. The molecule has 0 bridgehead atoms. The van der Waals surface area contributed by atoms with Gasteiger partial charge in [-0.2, -0.15) is 0 Å². The van der Waals surface area contributed by atoms with E-state index in [0.717, 1.165) is 5.39 Å². The van der Waals surface area contributed by atoms with E-state index in [1.54, 1.807) is 46.0 Å². The summed E-state index contributed by atoms with van der Waals surface area (Å²) in [5.41, 5.74) is 0.629. The summed E-state index contributed by atoms with van der Waals surface area (Å²) in [5, 5.41) is 3.32. The van der Waals surface area contributed by atoms with Crippen LogP contribution in [0.4, 0.5) is 4.79 Å². The van der Waals surface area contributed by atoms with Crippen molar-refractivity contribution in [3.05, 3.63) is 36.0 Å². The number of ketones is 1. The lowest BCUT2D eigenvalue weighted by atomic mass is 10.00. The highest BCUT2D eigenvalue weighted by atomic mass is 16.6. The molecule has 0 saturated carbocycles. The number of rotatable bonds is 8. The average Bonchev–Trinajstić information content (AvgIpc) is 2.97. The van der Waals surface area contributed by atoms with Crippen molar-refractivity contribution in [1.82, 2.24) is 9.88 Å². The molecule has 0 aliphatic carbocycles. The van der Waals surface area contributed by atoms with Crippen molar-refractivity contribution in [2.75, 3.05) is 6.61 Å². The van der Waals surface area contributed by atoms with Crippen molar-refractivity contribution >= 4 is 35.2 Å². The van der Waals surface area contributed by atoms with E-state index < -0.39 is 35.9 Å². The fourth-order valence-electron chi connectivity index (χ4n) is 2.92. The molecule has 29 heavy (non-hydrogen) atoms. The number of para-hydroxylation sites is 1. The van der Waals surface area contributed by atoms with Crippen LogP contribution in [0.25, 0.3) is 10.9 Å². The summed E-state index contributed by atoms with van der Waals surface area (Å²) in [4.78, 5) is 48.0. The zero-order chi connectivity index (χ0) is 21.6. The topological polar surface area (TPSA) is 104 Å². The summed E-state index contributed by atoms with van der Waals surface area (Å²) < 4.78 is 11.5. The van der Waals surface area contributed by atoms with Crippen LogP contribution < -0.4 is 5.32 Å². The van der Waals surface area contributed by atoms with E-state index in [9.17, 15) is 19.2 Å². The van der Waals surface area contributed by atoms with Crippen molar-refractivity contribution in [3.8, 4) is 0 Å². The molecule has 2 rings (SSSR count). The maximum absolute atomic E-state index is 12.7. The molecule has 156 valence electrons. The van der Waals surface area contributed by atoms with E-state index in [1.165, 1.54) is 4.57 Å². The molecule has 2 aromatic rings. The van der Waals surface area contributed by atoms with Crippen molar-refractivity contribution in [1.29, 1.82) is 0 Å². The zero-order valence-electron chi connectivity index (χ0n) is 17.1. The summed E-state index contributed by atoms with van der Waals surface area (Å²) in [6.45, 7) is 6.93. The minimum absolute atomic E-state index is 0.0961. The number of ether oxygens (including phenoxy) is 2. The van der Waals surface area contributed by atoms with Crippen LogP contribution in [0, 0.1) is 0 Å². The maximum Gasteiger partial charge on any atom is 0.408 e. The first-order valence-electron chi connectivity index (χ1n) is 9.36. The smallest absolute Gasteiger partial charge is 0.408 e. The van der Waals surface area contributed by atoms with E-state index in [-0.39, 0.29) is 13.0 Å². The lowest BCUT2D eigenvalue weighted by molar-refractivity contribution is -0.146. The van der Waals surface area contributed by atoms with Gasteiger partial charge in [-0.05, 0) is 39.3 Å². The van der Waals surface area contributed by atoms with Gasteiger partial charge in [0.25, 0.3) is 0 Å². The summed E-state index contributed by atoms with van der Waals surface area (Å²) >= 11 is 0. The van der Waals surface area contributed by atoms with Gasteiger partial charge in [0.1, 0.15) is 12.0 Å². The Morgan fingerprint density at radius 3 is 2.52 bits per heavy atom. The number of benzene rings is 1. The van der Waals surface area contributed by atoms with Gasteiger partial charge in [0.05, 0.1) is 18.2 Å². The Bertz CT molecular complexity index is 910. The molecule has 0 unspecified atom stereocenters. The third kappa shape index (κ3) is 6.17. The molecule has 0 spiro atoms. The Morgan fingerprint density at radius 1 is 1.21 bits per heavy atom. The molecular formula is C21H26N2O6. The summed E-state index contributed by atoms with van der Waals surface area (Å²) in [6.07, 6.45) is 1.14. The van der Waals surface area contributed by atoms with Gasteiger partial charge >= 0.3 is 12.1 Å². The SMILES string of the molecule is CCOC(=O)CC(=O)[C@@H](Cc1cn(C=O)c2ccccc12)NC(=O)OC(C)(C)C. The summed E-state index contributed by atoms with van der Waals surface area (Å²) in [6, 6.07) is 6.21. The lowest BCUT2D eigenvalue weighted by Crippen LogP contribution is -2.45. The summed E-state index contributed by atoms with van der Waals surface area (Å²) in [7, 11) is 0. The quantitative estimate of drug-likeness (QED) is 0.414. The predicted molar refractivity (Wildman–Crippen MR) is 107 cm³/mol. The Hall–Kier alpha value is -3.16. The third-order valence-electron chi connectivity index (χ3n) is 4.06. The number of alkyl carbamates (subject to hydrolysis) is 1. The fourth-order valence-corrected chi connectivity index (χ4v) is 2.92. The van der Waals surface area contributed by atoms with Crippen LogP contribution >= 0.6 is 0 Å². The molecule has 1 aromatic carbocycles. The van der Waals surface area contributed by atoms with E-state index >= 15 is 0 Å². The monoisotopic (exact) mass is 402 g/mol. The number of nitrogens with zero attached hydrogens (tertiary/aromatic N) is 1. The first-order chi connectivity index (χ1) is 13.6. The highest BCUT2D eigenvalue weighted by Gasteiger charge is 2.27. The second-order valence-electron chi connectivity index (χ2n) is 7.54. The Morgan fingerprint density at radius 2 is 1.90 bits per heavy atom. The molecule has 0 fully saturated rings. The van der Waals surface area contributed by atoms with Gasteiger partial charge in [-0.1, -0.05) is 18.2 Å². The molecule has 0 radical (unpaired) electrons. The van der Waals surface area contributed by atoms with Crippen LogP contribution in [0.5, 0.6) is 0 Å². The Kier molecular flexibility index (Phi) is 7.14. The van der Waals surface area contributed by atoms with Gasteiger partial charge < -0.3 is 14.8 Å². The molecular weight excluding hydrogens is 376 g/mol. The molecule has 1 amide bonds. The molecule has 8 heteroatoms. The van der Waals surface area contributed by atoms with Crippen LogP contribution in [0.2, 0.25) is 0 Å². The van der Waals surface area contributed by atoms with Crippen LogP contribution in [-0.2, 0) is 30.3 Å². The number of hydrogen-bond donors (Lipinski definition) is 1. The van der Waals surface area contributed by atoms with Crippen molar-refractivity contribution in [2.45, 2.75) is 52.2 Å². The van der Waals surface area contributed by atoms with E-state index in [0.29, 0.717) is 17.5 Å². The summed E-state index contributed by atoms with van der Waals surface area (Å²) in [5.74, 6) is -1.17. The van der Waals surface area contributed by atoms with E-state index in [1.807, 2.05) is 12.1 Å². The number of carbonyl (C=O) groups excluding carboxylic acids is 4. The molecule has 1 heterocycles. The van der Waals surface area contributed by atoms with Crippen molar-refractivity contribution < 1.29 is 28.7 Å². The first kappa shape index (κ1) is 22.1. The molecule has 8 nitrogen and oxygen atoms in total. The van der Waals surface area contributed by atoms with Gasteiger partial charge in [0.2, 0.25) is 6.41 Å². The third-order valence-corrected chi connectivity index (χ3v) is 4.06. The van der Waals surface area contributed by atoms with Crippen LogP contribution in [0.15, 0.2) is 30.5 Å². The van der Waals surface area contributed by atoms with Crippen molar-refractivity contribution in [2.24, 2.45) is 0 Å². The zero-order valence-corrected chi connectivity index (χ0v) is 17.1. The number of Topliss-reactive ketones (excluding diaryl/α,β-unsaturated/α-hetero) is 1. The first-order valence-corrected chi connectivity index (χ1v) is 9.36. The predicted octanol–water partition coefficient (Wildman–Crippen LogP) is 2.64. The molecule has 0 saturated heterocycles. The molecule has 0 aliphatic rings. The van der Waals surface area contributed by atoms with Gasteiger partial charge in [-0.15, -0.1) is 0 Å². The highest BCUT2D eigenvalue weighted by molar-refractivity contribution is 6.00. The van der Waals surface area contributed by atoms with Gasteiger partial charge in [0.15, 0.2) is 5.78 Å². The van der Waals surface area contributed by atoms with Crippen LogP contribution in [0.3, 0.4) is 0 Å². The second-order valence-corrected chi connectivity index (χ2v) is 7.54. The number of carbonyl (C=O) groups is 4. The van der Waals surface area contributed by atoms with Crippen LogP contribution in [-0.4, -0.2) is 47.1 Å². The largest absolute Gasteiger partial charge is 0.466 e. The molecule has 1 atom stereocenters. The minimum Gasteiger partial charge on any atom is -0.466 e. The molecule has 0 aliphatic heterocycles. The normalized spacial score (nSPS) is 12.3. The number of amides is 1. The number of aromatic nitrogens is 1. The number of fused-ring (bicyclic) bond motifs is 1. The van der Waals surface area contributed by atoms with Gasteiger partial charge in [0, 0.05) is 18.0 Å². The van der Waals surface area contributed by atoms with Crippen molar-refractivity contribution in [3.63, 3.8) is 0 Å². The van der Waals surface area contributed by atoms with E-state index in [4.69, 9.17) is 9.47 Å². The molecule has 1 N–H and O–H groups in total. The fraction of sp³-hybridized carbons (Fsp3) is 0.429. The lowest BCUT2D eigenvalue weighted by Gasteiger charge is -2.23. The maximum atomic E-state index is 12.7. The van der Waals surface area contributed by atoms with Gasteiger partial charge in [-0.25, -0.2) is 4.79 Å². The minimum atomic E-state index is -1.01. The average molecular weight is 402 g/mol. The number of esters is 1. The van der Waals surface area contributed by atoms with Gasteiger partial charge in [-0.3, -0.25) is 19.0 Å². The number of hydrogen-bond acceptors (Lipinski definition) is 6. The van der Waals surface area contributed by atoms with E-state index in [2.05, 4.69) is 5.32 Å². The van der Waals surface area contributed by atoms with Crippen LogP contribution in [0.1, 0.15) is 39.7 Å². The standard InChI is InChI=1S/C21H26N2O6/c1-5-28-19(26)11-18(25)16(22-20(27)29-21(2,3)4)10-14-12-23(13-24)17-9-7-6-8-15(14)17/h6-9,12-13,16H,5,10-11H2,1-4H3,(H,22,27)/t16-/m1/s1. The number of nitrogens with one attached hydrogen (secondary N) is 1.